The van der Waals surface area contributed by atoms with Gasteiger partial charge in [-0.05, 0) is 13.8 Å². The summed E-state index contributed by atoms with van der Waals surface area (Å²) in [6.07, 6.45) is 3.54. The van der Waals surface area contributed by atoms with Gasteiger partial charge in [0.15, 0.2) is 0 Å². The van der Waals surface area contributed by atoms with Gasteiger partial charge in [-0.25, -0.2) is 4.98 Å². The number of hydrogen-bond donors (Lipinski definition) is 2. The Bertz CT molecular complexity index is 362. The molecule has 0 fully saturated rings. The van der Waals surface area contributed by atoms with Crippen LogP contribution in [0.15, 0.2) is 12.4 Å². The number of hydrogen-bond acceptors (Lipinski definition) is 4. The first-order valence-electron chi connectivity index (χ1n) is 5.57. The summed E-state index contributed by atoms with van der Waals surface area (Å²) in [5, 5.41) is 2.74. The molecule has 0 saturated carbocycles. The molecular weight excluding hydrogens is 222 g/mol. The number of ether oxygens (including phenoxy) is 1. The molecule has 17 heavy (non-hydrogen) atoms. The van der Waals surface area contributed by atoms with Crippen molar-refractivity contribution in [1.29, 1.82) is 0 Å². The second kappa shape index (κ2) is 6.67. The predicted molar refractivity (Wildman–Crippen MR) is 61.0 cm³/mol. The van der Waals surface area contributed by atoms with E-state index in [9.17, 15) is 9.59 Å². The monoisotopic (exact) mass is 239 g/mol. The number of nitrogens with zero attached hydrogens (tertiary/aromatic N) is 1. The van der Waals surface area contributed by atoms with E-state index in [0.717, 1.165) is 0 Å². The molecule has 1 heterocycles. The van der Waals surface area contributed by atoms with Gasteiger partial charge in [-0.2, -0.15) is 0 Å². The fourth-order valence-electron chi connectivity index (χ4n) is 1.35. The highest BCUT2D eigenvalue weighted by Crippen LogP contribution is 2.05. The summed E-state index contributed by atoms with van der Waals surface area (Å²) < 4.78 is 4.73. The Morgan fingerprint density at radius 2 is 2.29 bits per heavy atom. The topological polar surface area (TPSA) is 84.1 Å². The molecule has 0 radical (unpaired) electrons. The van der Waals surface area contributed by atoms with E-state index >= 15 is 0 Å². The molecule has 1 atom stereocenters. The number of H-pyrrole nitrogens is 1. The molecule has 0 spiro atoms. The highest BCUT2D eigenvalue weighted by Gasteiger charge is 2.12. The minimum absolute atomic E-state index is 0.102. The summed E-state index contributed by atoms with van der Waals surface area (Å²) >= 11 is 0. The van der Waals surface area contributed by atoms with Crippen molar-refractivity contribution in [2.45, 2.75) is 32.7 Å². The van der Waals surface area contributed by atoms with Gasteiger partial charge in [0.2, 0.25) is 5.91 Å². The molecule has 0 aliphatic heterocycles. The van der Waals surface area contributed by atoms with Crippen LogP contribution in [0.25, 0.3) is 0 Å². The number of rotatable bonds is 6. The van der Waals surface area contributed by atoms with Gasteiger partial charge in [0.05, 0.1) is 19.1 Å². The summed E-state index contributed by atoms with van der Waals surface area (Å²) in [5.41, 5.74) is 0. The van der Waals surface area contributed by atoms with E-state index in [1.807, 2.05) is 6.92 Å². The predicted octanol–water partition coefficient (Wildman–Crippen LogP) is 0.930. The van der Waals surface area contributed by atoms with Crippen LogP contribution in [-0.4, -0.2) is 28.5 Å². The zero-order valence-corrected chi connectivity index (χ0v) is 10.0. The average molecular weight is 239 g/mol. The number of nitrogens with one attached hydrogen (secondary N) is 2. The van der Waals surface area contributed by atoms with Crippen LogP contribution in [0.3, 0.4) is 0 Å². The van der Waals surface area contributed by atoms with Gasteiger partial charge in [0.25, 0.3) is 0 Å². The standard InChI is InChI=1S/C11H17N3O3/c1-3-17-10(16)5-4-9(15)14-8(2)11-12-6-7-13-11/h6-8H,3-5H2,1-2H3,(H,12,13)(H,14,15). The quantitative estimate of drug-likeness (QED) is 0.723. The summed E-state index contributed by atoms with van der Waals surface area (Å²) in [5.74, 6) is 0.143. The zero-order valence-electron chi connectivity index (χ0n) is 10.0. The molecule has 0 saturated heterocycles. The highest BCUT2D eigenvalue weighted by molar-refractivity contribution is 5.81. The number of carbonyl (C=O) groups is 2. The van der Waals surface area contributed by atoms with Crippen LogP contribution in [0.4, 0.5) is 0 Å². The Balaban J connectivity index is 2.28. The minimum atomic E-state index is -0.353. The molecule has 1 amide bonds. The summed E-state index contributed by atoms with van der Waals surface area (Å²) in [6, 6.07) is -0.195. The van der Waals surface area contributed by atoms with E-state index in [1.54, 1.807) is 19.3 Å². The van der Waals surface area contributed by atoms with E-state index in [4.69, 9.17) is 4.74 Å². The fraction of sp³-hybridized carbons (Fsp3) is 0.545. The first-order valence-corrected chi connectivity index (χ1v) is 5.57. The maximum Gasteiger partial charge on any atom is 0.306 e. The lowest BCUT2D eigenvalue weighted by molar-refractivity contribution is -0.144. The Morgan fingerprint density at radius 1 is 1.53 bits per heavy atom. The fourth-order valence-corrected chi connectivity index (χ4v) is 1.35. The highest BCUT2D eigenvalue weighted by atomic mass is 16.5. The van der Waals surface area contributed by atoms with Crippen LogP contribution in [0.1, 0.15) is 38.6 Å². The lowest BCUT2D eigenvalue weighted by atomic mass is 10.2. The van der Waals surface area contributed by atoms with E-state index < -0.39 is 0 Å². The number of amides is 1. The minimum Gasteiger partial charge on any atom is -0.466 e. The SMILES string of the molecule is CCOC(=O)CCC(=O)NC(C)c1ncc[nH]1. The van der Waals surface area contributed by atoms with Gasteiger partial charge in [0.1, 0.15) is 5.82 Å². The number of carbonyl (C=O) groups excluding carboxylic acids is 2. The van der Waals surface area contributed by atoms with Crippen molar-refractivity contribution in [2.75, 3.05) is 6.61 Å². The smallest absolute Gasteiger partial charge is 0.306 e. The van der Waals surface area contributed by atoms with Gasteiger partial charge >= 0.3 is 5.97 Å². The zero-order chi connectivity index (χ0) is 12.7. The van der Waals surface area contributed by atoms with Gasteiger partial charge < -0.3 is 15.0 Å². The summed E-state index contributed by atoms with van der Waals surface area (Å²) in [6.45, 7) is 3.89. The molecule has 1 unspecified atom stereocenters. The molecule has 6 heteroatoms. The van der Waals surface area contributed by atoms with Crippen LogP contribution in [0, 0.1) is 0 Å². The van der Waals surface area contributed by atoms with Crippen LogP contribution in [0.2, 0.25) is 0 Å². The van der Waals surface area contributed by atoms with E-state index in [2.05, 4.69) is 15.3 Å². The van der Waals surface area contributed by atoms with Gasteiger partial charge in [0, 0.05) is 18.8 Å². The lowest BCUT2D eigenvalue weighted by Gasteiger charge is -2.11. The van der Waals surface area contributed by atoms with Crippen molar-refractivity contribution in [3.05, 3.63) is 18.2 Å². The third-order valence-electron chi connectivity index (χ3n) is 2.17. The van der Waals surface area contributed by atoms with Crippen molar-refractivity contribution in [3.8, 4) is 0 Å². The maximum atomic E-state index is 11.5. The average Bonchev–Trinajstić information content (AvgIpc) is 2.80. The number of imidazole rings is 1. The molecule has 0 aromatic carbocycles. The Labute approximate surface area is 99.8 Å². The van der Waals surface area contributed by atoms with Gasteiger partial charge in [-0.3, -0.25) is 9.59 Å². The Kier molecular flexibility index (Phi) is 5.19. The molecule has 6 nitrogen and oxygen atoms in total. The van der Waals surface area contributed by atoms with Gasteiger partial charge in [-0.15, -0.1) is 0 Å². The molecule has 94 valence electrons. The molecule has 1 aromatic heterocycles. The second-order valence-corrected chi connectivity index (χ2v) is 3.57. The molecule has 0 aliphatic rings. The van der Waals surface area contributed by atoms with Crippen LogP contribution in [-0.2, 0) is 14.3 Å². The normalized spacial score (nSPS) is 11.9. The van der Waals surface area contributed by atoms with Crippen LogP contribution < -0.4 is 5.32 Å². The van der Waals surface area contributed by atoms with Crippen molar-refractivity contribution in [3.63, 3.8) is 0 Å². The third-order valence-corrected chi connectivity index (χ3v) is 2.17. The number of aromatic amines is 1. The van der Waals surface area contributed by atoms with E-state index in [0.29, 0.717) is 12.4 Å². The number of esters is 1. The molecule has 1 aromatic rings. The van der Waals surface area contributed by atoms with Crippen molar-refractivity contribution >= 4 is 11.9 Å². The summed E-state index contributed by atoms with van der Waals surface area (Å²) in [4.78, 5) is 29.5. The van der Waals surface area contributed by atoms with Crippen LogP contribution >= 0.6 is 0 Å². The molecular formula is C11H17N3O3. The van der Waals surface area contributed by atoms with Crippen molar-refractivity contribution in [1.82, 2.24) is 15.3 Å². The Hall–Kier alpha value is -1.85. The summed E-state index contributed by atoms with van der Waals surface area (Å²) in [7, 11) is 0. The van der Waals surface area contributed by atoms with Gasteiger partial charge in [-0.1, -0.05) is 0 Å². The third kappa shape index (κ3) is 4.67. The first kappa shape index (κ1) is 13.2. The van der Waals surface area contributed by atoms with Crippen LogP contribution in [0.5, 0.6) is 0 Å². The molecule has 0 aliphatic carbocycles. The maximum absolute atomic E-state index is 11.5. The van der Waals surface area contributed by atoms with E-state index in [1.165, 1.54) is 0 Å². The first-order chi connectivity index (χ1) is 8.13. The van der Waals surface area contributed by atoms with E-state index in [-0.39, 0.29) is 30.8 Å². The number of aromatic nitrogens is 2. The largest absolute Gasteiger partial charge is 0.466 e. The van der Waals surface area contributed by atoms with Crippen molar-refractivity contribution < 1.29 is 14.3 Å². The lowest BCUT2D eigenvalue weighted by Crippen LogP contribution is -2.27. The Morgan fingerprint density at radius 3 is 2.88 bits per heavy atom. The molecule has 2 N–H and O–H groups in total. The van der Waals surface area contributed by atoms with Crippen molar-refractivity contribution in [2.24, 2.45) is 0 Å². The molecule has 1 rings (SSSR count). The second-order valence-electron chi connectivity index (χ2n) is 3.57. The molecule has 0 bridgehead atoms.